The van der Waals surface area contributed by atoms with E-state index in [0.717, 1.165) is 41.3 Å². The highest BCUT2D eigenvalue weighted by Crippen LogP contribution is 2.67. The Morgan fingerprint density at radius 3 is 2.58 bits per heavy atom. The van der Waals surface area contributed by atoms with Crippen LogP contribution in [0.25, 0.3) is 10.9 Å². The fourth-order valence-electron chi connectivity index (χ4n) is 9.76. The molecule has 0 spiro atoms. The Morgan fingerprint density at radius 1 is 1.02 bits per heavy atom. The summed E-state index contributed by atoms with van der Waals surface area (Å²) in [4.78, 5) is 39.1. The number of carbonyl (C=O) groups is 3. The molecule has 0 amide bonds. The Bertz CT molecular complexity index is 1700. The number of Topliss-reactive ketones (excluding diaryl/α,β-unsaturated/α-hetero) is 2. The van der Waals surface area contributed by atoms with Gasteiger partial charge >= 0.3 is 0 Å². The lowest BCUT2D eigenvalue weighted by molar-refractivity contribution is -0.180. The Kier molecular flexibility index (Phi) is 7.36. The standard InChI is InChI=1S/C37H42N2O6/c1-35-16-14-25(40)18-24(35)12-13-27-29-15-17-37(44,36(29,2)20-31(42)33(27)35)32(43)19-26(41)22-45-34-28-10-6-7-11-30(28)39(38-34)21-23-8-4-3-5-9-23/h3-11,18,27,29,31,33,42,44H,12-17,19-22H2,1-2H3/t27-,29-,31-,33+,35-,36-,37-/m0/s1. The molecule has 2 N–H and O–H groups in total. The van der Waals surface area contributed by atoms with E-state index in [1.54, 1.807) is 6.08 Å². The second-order valence-corrected chi connectivity index (χ2v) is 14.4. The van der Waals surface area contributed by atoms with Gasteiger partial charge < -0.3 is 14.9 Å². The van der Waals surface area contributed by atoms with Crippen molar-refractivity contribution in [3.8, 4) is 5.88 Å². The lowest BCUT2D eigenvalue weighted by Crippen LogP contribution is -2.61. The number of aromatic nitrogens is 2. The molecular weight excluding hydrogens is 568 g/mol. The molecule has 0 saturated heterocycles. The van der Waals surface area contributed by atoms with Crippen LogP contribution in [0.4, 0.5) is 0 Å². The highest BCUT2D eigenvalue weighted by atomic mass is 16.5. The predicted molar refractivity (Wildman–Crippen MR) is 168 cm³/mol. The fraction of sp³-hybridized carbons (Fsp3) is 0.514. The molecule has 8 nitrogen and oxygen atoms in total. The molecule has 2 aromatic carbocycles. The number of carbonyl (C=O) groups excluding carboxylic acids is 3. The zero-order valence-electron chi connectivity index (χ0n) is 26.1. The Morgan fingerprint density at radius 2 is 1.78 bits per heavy atom. The monoisotopic (exact) mass is 610 g/mol. The van der Waals surface area contributed by atoms with Gasteiger partial charge in [0, 0.05) is 11.8 Å². The van der Waals surface area contributed by atoms with Crippen molar-refractivity contribution in [3.05, 3.63) is 71.8 Å². The van der Waals surface area contributed by atoms with E-state index in [0.29, 0.717) is 31.7 Å². The molecule has 0 radical (unpaired) electrons. The van der Waals surface area contributed by atoms with E-state index in [1.807, 2.05) is 66.2 Å². The molecule has 236 valence electrons. The van der Waals surface area contributed by atoms with E-state index in [9.17, 15) is 24.6 Å². The number of rotatable bonds is 8. The average Bonchev–Trinajstić information content (AvgIpc) is 3.50. The minimum atomic E-state index is -1.69. The number of ketones is 3. The number of nitrogens with zero attached hydrogens (tertiary/aromatic N) is 2. The number of ether oxygens (including phenoxy) is 1. The van der Waals surface area contributed by atoms with Gasteiger partial charge in [0.15, 0.2) is 17.3 Å². The third-order valence-corrected chi connectivity index (χ3v) is 12.0. The van der Waals surface area contributed by atoms with Crippen LogP contribution < -0.4 is 4.74 Å². The minimum Gasteiger partial charge on any atom is -0.468 e. The molecule has 0 unspecified atom stereocenters. The van der Waals surface area contributed by atoms with Crippen LogP contribution in [0, 0.1) is 28.6 Å². The molecule has 0 aliphatic heterocycles. The highest BCUT2D eigenvalue weighted by molar-refractivity contribution is 6.04. The van der Waals surface area contributed by atoms with Gasteiger partial charge in [-0.2, -0.15) is 0 Å². The Labute approximate surface area is 263 Å². The van der Waals surface area contributed by atoms with Crippen LogP contribution in [-0.2, 0) is 20.9 Å². The van der Waals surface area contributed by atoms with E-state index in [-0.39, 0.29) is 42.0 Å². The minimum absolute atomic E-state index is 0.00678. The molecule has 4 aliphatic rings. The van der Waals surface area contributed by atoms with Gasteiger partial charge in [0.05, 0.1) is 30.0 Å². The van der Waals surface area contributed by atoms with Crippen LogP contribution in [0.2, 0.25) is 0 Å². The van der Waals surface area contributed by atoms with Crippen LogP contribution in [-0.4, -0.2) is 55.7 Å². The fourth-order valence-corrected chi connectivity index (χ4v) is 9.76. The molecule has 1 heterocycles. The summed E-state index contributed by atoms with van der Waals surface area (Å²) >= 11 is 0. The summed E-state index contributed by atoms with van der Waals surface area (Å²) in [5.74, 6) is -0.206. The molecule has 4 aliphatic carbocycles. The maximum Gasteiger partial charge on any atom is 0.241 e. The molecule has 7 atom stereocenters. The molecule has 3 aromatic rings. The van der Waals surface area contributed by atoms with Crippen molar-refractivity contribution in [2.45, 2.75) is 83.5 Å². The normalized spacial score (nSPS) is 34.0. The van der Waals surface area contributed by atoms with Crippen molar-refractivity contribution in [1.82, 2.24) is 9.78 Å². The third kappa shape index (κ3) is 4.79. The van der Waals surface area contributed by atoms with Crippen LogP contribution in [0.5, 0.6) is 5.88 Å². The summed E-state index contributed by atoms with van der Waals surface area (Å²) in [7, 11) is 0. The first-order valence-corrected chi connectivity index (χ1v) is 16.3. The smallest absolute Gasteiger partial charge is 0.241 e. The first-order valence-electron chi connectivity index (χ1n) is 16.3. The molecule has 7 rings (SSSR count). The van der Waals surface area contributed by atoms with Crippen molar-refractivity contribution in [3.63, 3.8) is 0 Å². The third-order valence-electron chi connectivity index (χ3n) is 12.0. The van der Waals surface area contributed by atoms with E-state index < -0.39 is 35.1 Å². The van der Waals surface area contributed by atoms with Crippen LogP contribution in [0.1, 0.15) is 70.8 Å². The van der Waals surface area contributed by atoms with Gasteiger partial charge in [-0.05, 0) is 85.5 Å². The van der Waals surface area contributed by atoms with Gasteiger partial charge in [-0.3, -0.25) is 19.1 Å². The van der Waals surface area contributed by atoms with E-state index in [1.165, 1.54) is 0 Å². The van der Waals surface area contributed by atoms with E-state index in [2.05, 4.69) is 12.0 Å². The van der Waals surface area contributed by atoms with Crippen molar-refractivity contribution in [1.29, 1.82) is 0 Å². The number of hydrogen-bond donors (Lipinski definition) is 2. The average molecular weight is 611 g/mol. The lowest BCUT2D eigenvalue weighted by Gasteiger charge is -2.60. The maximum absolute atomic E-state index is 13.8. The Hall–Kier alpha value is -3.62. The quantitative estimate of drug-likeness (QED) is 0.336. The number of para-hydroxylation sites is 1. The summed E-state index contributed by atoms with van der Waals surface area (Å²) in [5.41, 5.74) is 0.349. The number of allylic oxidation sites excluding steroid dienone is 1. The molecule has 1 aromatic heterocycles. The van der Waals surface area contributed by atoms with Crippen molar-refractivity contribution >= 4 is 28.3 Å². The van der Waals surface area contributed by atoms with Gasteiger partial charge in [-0.1, -0.05) is 61.9 Å². The van der Waals surface area contributed by atoms with Gasteiger partial charge in [-0.15, -0.1) is 5.10 Å². The van der Waals surface area contributed by atoms with Gasteiger partial charge in [-0.25, -0.2) is 0 Å². The number of hydrogen-bond acceptors (Lipinski definition) is 7. The molecule has 3 saturated carbocycles. The molecule has 3 fully saturated rings. The van der Waals surface area contributed by atoms with E-state index in [4.69, 9.17) is 4.74 Å². The second kappa shape index (κ2) is 11.0. The lowest BCUT2D eigenvalue weighted by atomic mass is 9.45. The van der Waals surface area contributed by atoms with Crippen LogP contribution in [0.3, 0.4) is 0 Å². The molecule has 8 heteroatoms. The van der Waals surface area contributed by atoms with Crippen LogP contribution >= 0.6 is 0 Å². The van der Waals surface area contributed by atoms with Crippen molar-refractivity contribution in [2.24, 2.45) is 28.6 Å². The highest BCUT2D eigenvalue weighted by Gasteiger charge is 2.68. The molecule has 45 heavy (non-hydrogen) atoms. The number of aliphatic hydroxyl groups is 2. The number of fused-ring (bicyclic) bond motifs is 6. The van der Waals surface area contributed by atoms with Crippen molar-refractivity contribution < 1.29 is 29.3 Å². The molecule has 0 bridgehead atoms. The number of aliphatic hydroxyl groups excluding tert-OH is 1. The zero-order chi connectivity index (χ0) is 31.6. The summed E-state index contributed by atoms with van der Waals surface area (Å²) in [6.45, 7) is 4.35. The topological polar surface area (TPSA) is 119 Å². The Balaban J connectivity index is 1.05. The van der Waals surface area contributed by atoms with Gasteiger partial charge in [0.2, 0.25) is 5.88 Å². The SMILES string of the molecule is C[C@]12CCC(=O)C=C1CC[C@@H]1[C@@H]2[C@@H](O)C[C@@]2(C)[C@H]1CC[C@]2(O)C(=O)CC(=O)COc1nn(Cc2ccccc2)c2ccccc12. The van der Waals surface area contributed by atoms with Crippen LogP contribution in [0.15, 0.2) is 66.2 Å². The number of benzene rings is 2. The summed E-state index contributed by atoms with van der Waals surface area (Å²) < 4.78 is 7.74. The predicted octanol–water partition coefficient (Wildman–Crippen LogP) is 5.23. The van der Waals surface area contributed by atoms with Gasteiger partial charge in [0.25, 0.3) is 0 Å². The first-order chi connectivity index (χ1) is 21.5. The molecular formula is C37H42N2O6. The van der Waals surface area contributed by atoms with Crippen molar-refractivity contribution in [2.75, 3.05) is 6.61 Å². The second-order valence-electron chi connectivity index (χ2n) is 14.4. The summed E-state index contributed by atoms with van der Waals surface area (Å²) in [6, 6.07) is 17.6. The summed E-state index contributed by atoms with van der Waals surface area (Å²) in [6.07, 6.45) is 4.79. The van der Waals surface area contributed by atoms with E-state index >= 15 is 0 Å². The zero-order valence-corrected chi connectivity index (χ0v) is 26.1. The largest absolute Gasteiger partial charge is 0.468 e. The first kappa shape index (κ1) is 30.1. The summed E-state index contributed by atoms with van der Waals surface area (Å²) in [5, 5.41) is 29.1. The van der Waals surface area contributed by atoms with Gasteiger partial charge in [0.1, 0.15) is 12.2 Å². The maximum atomic E-state index is 13.8.